The monoisotopic (exact) mass is 348 g/mol. The van der Waals surface area contributed by atoms with E-state index < -0.39 is 0 Å². The van der Waals surface area contributed by atoms with Crippen molar-refractivity contribution in [1.29, 1.82) is 0 Å². The fourth-order valence-electron chi connectivity index (χ4n) is 3.04. The average molecular weight is 348 g/mol. The molecule has 7 nitrogen and oxygen atoms in total. The normalized spacial score (nSPS) is 11.2. The minimum Gasteiger partial charge on any atom is -0.357 e. The number of anilines is 1. The van der Waals surface area contributed by atoms with Crippen molar-refractivity contribution in [2.24, 2.45) is 14.1 Å². The van der Waals surface area contributed by atoms with Crippen molar-refractivity contribution in [3.05, 3.63) is 82.8 Å². The van der Waals surface area contributed by atoms with Crippen LogP contribution in [0.4, 0.5) is 5.82 Å². The molecule has 0 radical (unpaired) electrons. The summed E-state index contributed by atoms with van der Waals surface area (Å²) in [6, 6.07) is 11.2. The molecule has 4 rings (SSSR count). The van der Waals surface area contributed by atoms with Crippen LogP contribution in [0.5, 0.6) is 0 Å². The Hall–Kier alpha value is -3.35. The highest BCUT2D eigenvalue weighted by molar-refractivity contribution is 5.48. The highest BCUT2D eigenvalue weighted by Gasteiger charge is 2.14. The molecule has 4 aromatic rings. The van der Waals surface area contributed by atoms with Crippen LogP contribution in [0.3, 0.4) is 0 Å². The molecule has 7 heteroatoms. The molecule has 4 heterocycles. The van der Waals surface area contributed by atoms with Gasteiger partial charge in [0.15, 0.2) is 0 Å². The van der Waals surface area contributed by atoms with Gasteiger partial charge in [-0.05, 0) is 29.8 Å². The largest absolute Gasteiger partial charge is 0.357 e. The summed E-state index contributed by atoms with van der Waals surface area (Å²) in [7, 11) is 3.89. The van der Waals surface area contributed by atoms with Crippen LogP contribution in [0, 0.1) is 0 Å². The lowest BCUT2D eigenvalue weighted by Crippen LogP contribution is -2.26. The first-order valence-electron chi connectivity index (χ1n) is 8.41. The summed E-state index contributed by atoms with van der Waals surface area (Å²) in [5.74, 6) is 0.649. The third-order valence-electron chi connectivity index (χ3n) is 4.27. The molecule has 0 aromatic carbocycles. The predicted octanol–water partition coefficient (Wildman–Crippen LogP) is 1.97. The van der Waals surface area contributed by atoms with Crippen LogP contribution in [-0.4, -0.2) is 23.7 Å². The second kappa shape index (κ2) is 6.51. The zero-order chi connectivity index (χ0) is 18.1. The first-order valence-corrected chi connectivity index (χ1v) is 8.41. The molecule has 0 spiro atoms. The summed E-state index contributed by atoms with van der Waals surface area (Å²) in [5, 5.41) is 4.47. The van der Waals surface area contributed by atoms with Crippen molar-refractivity contribution < 1.29 is 0 Å². The first kappa shape index (κ1) is 16.1. The van der Waals surface area contributed by atoms with Gasteiger partial charge in [0.1, 0.15) is 11.5 Å². The van der Waals surface area contributed by atoms with Crippen molar-refractivity contribution in [2.75, 3.05) is 4.90 Å². The SMILES string of the molecule is Cn1ccc(CN(Cc2ccn(C)n2)c2cc(=O)n3ccccc3n2)c1. The highest BCUT2D eigenvalue weighted by Crippen LogP contribution is 2.17. The Balaban J connectivity index is 1.74. The van der Waals surface area contributed by atoms with E-state index in [0.29, 0.717) is 24.6 Å². The topological polar surface area (TPSA) is 60.4 Å². The second-order valence-corrected chi connectivity index (χ2v) is 6.40. The number of fused-ring (bicyclic) bond motifs is 1. The van der Waals surface area contributed by atoms with Gasteiger partial charge in [0.25, 0.3) is 5.56 Å². The standard InChI is InChI=1S/C19H20N6O/c1-22-9-6-15(12-22)13-24(14-16-7-10-23(2)21-16)18-11-19(26)25-8-4-3-5-17(25)20-18/h3-12H,13-14H2,1-2H3. The van der Waals surface area contributed by atoms with E-state index in [2.05, 4.69) is 27.2 Å². The van der Waals surface area contributed by atoms with Gasteiger partial charge < -0.3 is 9.47 Å². The van der Waals surface area contributed by atoms with E-state index in [1.165, 1.54) is 0 Å². The molecular weight excluding hydrogens is 328 g/mol. The summed E-state index contributed by atoms with van der Waals surface area (Å²) in [6.07, 6.45) is 7.73. The zero-order valence-electron chi connectivity index (χ0n) is 14.8. The van der Waals surface area contributed by atoms with E-state index in [1.54, 1.807) is 21.3 Å². The van der Waals surface area contributed by atoms with Gasteiger partial charge in [-0.15, -0.1) is 0 Å². The number of hydrogen-bond donors (Lipinski definition) is 0. The minimum atomic E-state index is -0.0929. The summed E-state index contributed by atoms with van der Waals surface area (Å²) in [5.41, 5.74) is 2.62. The molecule has 0 aliphatic rings. The Morgan fingerprint density at radius 3 is 2.65 bits per heavy atom. The maximum Gasteiger partial charge on any atom is 0.259 e. The maximum absolute atomic E-state index is 12.5. The van der Waals surface area contributed by atoms with Gasteiger partial charge in [-0.25, -0.2) is 4.98 Å². The number of rotatable bonds is 5. The van der Waals surface area contributed by atoms with E-state index in [4.69, 9.17) is 0 Å². The summed E-state index contributed by atoms with van der Waals surface area (Å²) < 4.78 is 5.33. The van der Waals surface area contributed by atoms with Crippen LogP contribution in [0.1, 0.15) is 11.3 Å². The van der Waals surface area contributed by atoms with Crippen LogP contribution >= 0.6 is 0 Å². The fraction of sp³-hybridized carbons (Fsp3) is 0.211. The Morgan fingerprint density at radius 1 is 1.04 bits per heavy atom. The van der Waals surface area contributed by atoms with E-state index in [-0.39, 0.29) is 5.56 Å². The Morgan fingerprint density at radius 2 is 1.92 bits per heavy atom. The first-order chi connectivity index (χ1) is 12.6. The smallest absolute Gasteiger partial charge is 0.259 e. The van der Waals surface area contributed by atoms with E-state index >= 15 is 0 Å². The average Bonchev–Trinajstić information content (AvgIpc) is 3.22. The maximum atomic E-state index is 12.5. The number of nitrogens with zero attached hydrogens (tertiary/aromatic N) is 6. The lowest BCUT2D eigenvalue weighted by Gasteiger charge is -2.22. The molecule has 0 saturated heterocycles. The third-order valence-corrected chi connectivity index (χ3v) is 4.27. The molecular formula is C19H20N6O. The van der Waals surface area contributed by atoms with Gasteiger partial charge >= 0.3 is 0 Å². The molecule has 0 aliphatic heterocycles. The van der Waals surface area contributed by atoms with Gasteiger partial charge in [0.05, 0.1) is 12.2 Å². The molecule has 0 fully saturated rings. The second-order valence-electron chi connectivity index (χ2n) is 6.40. The van der Waals surface area contributed by atoms with Crippen LogP contribution < -0.4 is 10.5 Å². The summed E-state index contributed by atoms with van der Waals surface area (Å²) >= 11 is 0. The van der Waals surface area contributed by atoms with Crippen LogP contribution in [0.15, 0.2) is 66.0 Å². The molecule has 132 valence electrons. The number of aromatic nitrogens is 5. The number of hydrogen-bond acceptors (Lipinski definition) is 4. The van der Waals surface area contributed by atoms with Gasteiger partial charge in [0, 0.05) is 51.5 Å². The Kier molecular flexibility index (Phi) is 4.04. The van der Waals surface area contributed by atoms with E-state index in [0.717, 1.165) is 11.3 Å². The molecule has 0 saturated carbocycles. The quantitative estimate of drug-likeness (QED) is 0.553. The minimum absolute atomic E-state index is 0.0929. The van der Waals surface area contributed by atoms with Gasteiger partial charge in [-0.2, -0.15) is 5.10 Å². The lowest BCUT2D eigenvalue weighted by molar-refractivity contribution is 0.709. The van der Waals surface area contributed by atoms with Crippen molar-refractivity contribution in [3.63, 3.8) is 0 Å². The van der Waals surface area contributed by atoms with Crippen molar-refractivity contribution >= 4 is 11.5 Å². The van der Waals surface area contributed by atoms with Crippen molar-refractivity contribution in [1.82, 2.24) is 23.7 Å². The van der Waals surface area contributed by atoms with E-state index in [9.17, 15) is 4.79 Å². The number of pyridine rings is 1. The molecule has 0 amide bonds. The molecule has 26 heavy (non-hydrogen) atoms. The van der Waals surface area contributed by atoms with E-state index in [1.807, 2.05) is 55.3 Å². The Bertz CT molecular complexity index is 1060. The summed E-state index contributed by atoms with van der Waals surface area (Å²) in [4.78, 5) is 19.3. The van der Waals surface area contributed by atoms with Gasteiger partial charge in [-0.1, -0.05) is 6.07 Å². The Labute approximate surface area is 150 Å². The summed E-state index contributed by atoms with van der Waals surface area (Å²) in [6.45, 7) is 1.22. The van der Waals surface area contributed by atoms with Crippen molar-refractivity contribution in [2.45, 2.75) is 13.1 Å². The molecule has 0 atom stereocenters. The molecule has 0 aliphatic carbocycles. The molecule has 4 aromatic heterocycles. The van der Waals surface area contributed by atoms with Crippen LogP contribution in [-0.2, 0) is 27.2 Å². The van der Waals surface area contributed by atoms with Crippen LogP contribution in [0.25, 0.3) is 5.65 Å². The molecule has 0 unspecified atom stereocenters. The highest BCUT2D eigenvalue weighted by atomic mass is 16.1. The van der Waals surface area contributed by atoms with Gasteiger partial charge in [-0.3, -0.25) is 13.9 Å². The van der Waals surface area contributed by atoms with Crippen LogP contribution in [0.2, 0.25) is 0 Å². The third kappa shape index (κ3) is 3.23. The van der Waals surface area contributed by atoms with Crippen molar-refractivity contribution in [3.8, 4) is 0 Å². The lowest BCUT2D eigenvalue weighted by atomic mass is 10.3. The molecule has 0 N–H and O–H groups in total. The number of aryl methyl sites for hydroxylation is 2. The molecule has 0 bridgehead atoms. The predicted molar refractivity (Wildman–Crippen MR) is 100.0 cm³/mol. The fourth-order valence-corrected chi connectivity index (χ4v) is 3.04. The van der Waals surface area contributed by atoms with Gasteiger partial charge in [0.2, 0.25) is 0 Å². The zero-order valence-corrected chi connectivity index (χ0v) is 14.8.